The van der Waals surface area contributed by atoms with Gasteiger partial charge in [-0.15, -0.1) is 11.3 Å². The van der Waals surface area contributed by atoms with E-state index in [2.05, 4.69) is 24.1 Å². The SMILES string of the molecule is CN1CCc2nc3sc(C(=O)c4ccccc4)c(N)c3c(-c3ccccc3)c2C1. The second kappa shape index (κ2) is 7.10. The molecule has 0 spiro atoms. The van der Waals surface area contributed by atoms with Gasteiger partial charge < -0.3 is 10.6 Å². The molecule has 0 radical (unpaired) electrons. The molecule has 29 heavy (non-hydrogen) atoms. The van der Waals surface area contributed by atoms with Crippen molar-refractivity contribution >= 4 is 33.0 Å². The molecule has 2 N–H and O–H groups in total. The minimum Gasteiger partial charge on any atom is -0.397 e. The van der Waals surface area contributed by atoms with Crippen LogP contribution in [0.25, 0.3) is 21.3 Å². The molecular formula is C24H21N3OS. The largest absolute Gasteiger partial charge is 0.397 e. The molecule has 0 saturated carbocycles. The van der Waals surface area contributed by atoms with Crippen LogP contribution in [0.15, 0.2) is 60.7 Å². The molecule has 4 aromatic rings. The predicted molar refractivity (Wildman–Crippen MR) is 119 cm³/mol. The first kappa shape index (κ1) is 18.0. The summed E-state index contributed by atoms with van der Waals surface area (Å²) in [6.45, 7) is 1.82. The molecule has 2 aromatic carbocycles. The number of nitrogen functional groups attached to an aromatic ring is 1. The van der Waals surface area contributed by atoms with Crippen LogP contribution in [-0.2, 0) is 13.0 Å². The lowest BCUT2D eigenvalue weighted by Crippen LogP contribution is -2.27. The molecule has 0 fully saturated rings. The molecule has 3 heterocycles. The van der Waals surface area contributed by atoms with Gasteiger partial charge >= 0.3 is 0 Å². The van der Waals surface area contributed by atoms with Crippen LogP contribution in [0.1, 0.15) is 26.5 Å². The Balaban J connectivity index is 1.79. The summed E-state index contributed by atoms with van der Waals surface area (Å²) in [7, 11) is 2.13. The fourth-order valence-electron chi connectivity index (χ4n) is 4.07. The molecule has 0 saturated heterocycles. The second-order valence-electron chi connectivity index (χ2n) is 7.49. The van der Waals surface area contributed by atoms with Crippen LogP contribution < -0.4 is 5.73 Å². The van der Waals surface area contributed by atoms with E-state index in [0.717, 1.165) is 46.5 Å². The Bertz CT molecular complexity index is 1220. The summed E-state index contributed by atoms with van der Waals surface area (Å²) in [6.07, 6.45) is 0.904. The van der Waals surface area contributed by atoms with Gasteiger partial charge in [-0.1, -0.05) is 60.7 Å². The topological polar surface area (TPSA) is 59.2 Å². The van der Waals surface area contributed by atoms with E-state index in [9.17, 15) is 4.79 Å². The number of nitrogens with two attached hydrogens (primary N) is 1. The smallest absolute Gasteiger partial charge is 0.205 e. The Morgan fingerprint density at radius 1 is 1.07 bits per heavy atom. The Morgan fingerprint density at radius 2 is 1.76 bits per heavy atom. The quantitative estimate of drug-likeness (QED) is 0.505. The molecule has 0 unspecified atom stereocenters. The highest BCUT2D eigenvalue weighted by Gasteiger charge is 2.27. The number of hydrogen-bond donors (Lipinski definition) is 1. The predicted octanol–water partition coefficient (Wildman–Crippen LogP) is 4.76. The maximum Gasteiger partial charge on any atom is 0.205 e. The highest BCUT2D eigenvalue weighted by molar-refractivity contribution is 7.21. The standard InChI is InChI=1S/C24H21N3OS/c1-27-13-12-18-17(14-27)19(15-8-4-2-5-9-15)20-21(25)23(29-24(20)26-18)22(28)16-10-6-3-7-11-16/h2-11H,12-14,25H2,1H3. The lowest BCUT2D eigenvalue weighted by molar-refractivity contribution is 0.104. The number of thiophene rings is 1. The van der Waals surface area contributed by atoms with Gasteiger partial charge in [-0.25, -0.2) is 4.98 Å². The van der Waals surface area contributed by atoms with E-state index in [1.165, 1.54) is 16.9 Å². The zero-order chi connectivity index (χ0) is 20.0. The van der Waals surface area contributed by atoms with Crippen molar-refractivity contribution in [3.8, 4) is 11.1 Å². The van der Waals surface area contributed by atoms with Crippen molar-refractivity contribution < 1.29 is 4.79 Å². The molecule has 0 bridgehead atoms. The maximum atomic E-state index is 13.2. The number of likely N-dealkylation sites (N-methyl/N-ethyl adjacent to an activating group) is 1. The van der Waals surface area contributed by atoms with Gasteiger partial charge in [0.1, 0.15) is 9.71 Å². The molecule has 1 aliphatic rings. The van der Waals surface area contributed by atoms with Gasteiger partial charge in [-0.3, -0.25) is 4.79 Å². The number of carbonyl (C=O) groups excluding carboxylic acids is 1. The van der Waals surface area contributed by atoms with Crippen LogP contribution in [0.5, 0.6) is 0 Å². The minimum absolute atomic E-state index is 0.0415. The van der Waals surface area contributed by atoms with Gasteiger partial charge in [0.15, 0.2) is 0 Å². The molecule has 2 aromatic heterocycles. The highest BCUT2D eigenvalue weighted by Crippen LogP contribution is 2.43. The summed E-state index contributed by atoms with van der Waals surface area (Å²) in [5.74, 6) is -0.0415. The Morgan fingerprint density at radius 3 is 2.48 bits per heavy atom. The van der Waals surface area contributed by atoms with E-state index >= 15 is 0 Å². The van der Waals surface area contributed by atoms with Crippen LogP contribution in [0.2, 0.25) is 0 Å². The van der Waals surface area contributed by atoms with Crippen molar-refractivity contribution in [1.82, 2.24) is 9.88 Å². The zero-order valence-corrected chi connectivity index (χ0v) is 17.0. The number of carbonyl (C=O) groups is 1. The lowest BCUT2D eigenvalue weighted by atomic mass is 9.92. The number of aromatic nitrogens is 1. The van der Waals surface area contributed by atoms with Gasteiger partial charge in [0.25, 0.3) is 0 Å². The molecule has 1 aliphatic heterocycles. The molecule has 0 amide bonds. The first-order valence-electron chi connectivity index (χ1n) is 9.71. The average Bonchev–Trinajstić information content (AvgIpc) is 3.09. The van der Waals surface area contributed by atoms with Crippen molar-refractivity contribution in [2.75, 3.05) is 19.3 Å². The molecular weight excluding hydrogens is 378 g/mol. The monoisotopic (exact) mass is 399 g/mol. The van der Waals surface area contributed by atoms with E-state index in [0.29, 0.717) is 16.1 Å². The Kier molecular flexibility index (Phi) is 4.42. The summed E-state index contributed by atoms with van der Waals surface area (Å²) in [5, 5.41) is 0.912. The third-order valence-corrected chi connectivity index (χ3v) is 6.62. The van der Waals surface area contributed by atoms with Crippen molar-refractivity contribution in [1.29, 1.82) is 0 Å². The number of fused-ring (bicyclic) bond motifs is 2. The van der Waals surface area contributed by atoms with Gasteiger partial charge in [0, 0.05) is 41.7 Å². The van der Waals surface area contributed by atoms with Crippen molar-refractivity contribution in [3.05, 3.63) is 82.4 Å². The number of rotatable bonds is 3. The molecule has 0 aliphatic carbocycles. The van der Waals surface area contributed by atoms with Crippen LogP contribution in [-0.4, -0.2) is 29.3 Å². The number of ketones is 1. The van der Waals surface area contributed by atoms with E-state index in [4.69, 9.17) is 10.7 Å². The van der Waals surface area contributed by atoms with Crippen molar-refractivity contribution in [3.63, 3.8) is 0 Å². The van der Waals surface area contributed by atoms with Crippen molar-refractivity contribution in [2.24, 2.45) is 0 Å². The van der Waals surface area contributed by atoms with Gasteiger partial charge in [-0.2, -0.15) is 0 Å². The molecule has 144 valence electrons. The summed E-state index contributed by atoms with van der Waals surface area (Å²) in [4.78, 5) is 21.8. The highest BCUT2D eigenvalue weighted by atomic mass is 32.1. The van der Waals surface area contributed by atoms with Crippen LogP contribution >= 0.6 is 11.3 Å². The zero-order valence-electron chi connectivity index (χ0n) is 16.2. The first-order chi connectivity index (χ1) is 14.1. The fraction of sp³-hybridized carbons (Fsp3) is 0.167. The molecule has 5 rings (SSSR count). The Hall–Kier alpha value is -3.02. The van der Waals surface area contributed by atoms with E-state index in [1.807, 2.05) is 48.5 Å². The number of pyridine rings is 1. The van der Waals surface area contributed by atoms with E-state index in [1.54, 1.807) is 0 Å². The molecule has 0 atom stereocenters. The van der Waals surface area contributed by atoms with Crippen LogP contribution in [0, 0.1) is 0 Å². The number of anilines is 1. The third-order valence-electron chi connectivity index (χ3n) is 5.53. The fourth-order valence-corrected chi connectivity index (χ4v) is 5.16. The minimum atomic E-state index is -0.0415. The number of nitrogens with zero attached hydrogens (tertiary/aromatic N) is 2. The summed E-state index contributed by atoms with van der Waals surface area (Å²) in [5.41, 5.74) is 12.4. The first-order valence-corrected chi connectivity index (χ1v) is 10.5. The normalized spacial score (nSPS) is 14.1. The van der Waals surface area contributed by atoms with Gasteiger partial charge in [-0.05, 0) is 18.2 Å². The maximum absolute atomic E-state index is 13.2. The summed E-state index contributed by atoms with van der Waals surface area (Å²) >= 11 is 1.41. The number of benzene rings is 2. The number of hydrogen-bond acceptors (Lipinski definition) is 5. The summed E-state index contributed by atoms with van der Waals surface area (Å²) in [6, 6.07) is 19.6. The van der Waals surface area contributed by atoms with Gasteiger partial charge in [0.2, 0.25) is 5.78 Å². The molecule has 5 heteroatoms. The van der Waals surface area contributed by atoms with Crippen LogP contribution in [0.3, 0.4) is 0 Å². The van der Waals surface area contributed by atoms with E-state index in [-0.39, 0.29) is 5.78 Å². The third kappa shape index (κ3) is 3.03. The van der Waals surface area contributed by atoms with Gasteiger partial charge in [0.05, 0.1) is 5.69 Å². The van der Waals surface area contributed by atoms with Crippen molar-refractivity contribution in [2.45, 2.75) is 13.0 Å². The molecule has 4 nitrogen and oxygen atoms in total. The Labute approximate surface area is 173 Å². The second-order valence-corrected chi connectivity index (χ2v) is 8.49. The lowest BCUT2D eigenvalue weighted by Gasteiger charge is -2.27. The van der Waals surface area contributed by atoms with E-state index < -0.39 is 0 Å². The summed E-state index contributed by atoms with van der Waals surface area (Å²) < 4.78 is 0. The van der Waals surface area contributed by atoms with Crippen LogP contribution in [0.4, 0.5) is 5.69 Å². The average molecular weight is 400 g/mol.